The van der Waals surface area contributed by atoms with Crippen molar-refractivity contribution in [3.63, 3.8) is 0 Å². The maximum Gasteiger partial charge on any atom is 0.156 e. The quantitative estimate of drug-likeness (QED) is 0.935. The van der Waals surface area contributed by atoms with Crippen LogP contribution in [0.2, 0.25) is 10.0 Å². The van der Waals surface area contributed by atoms with Crippen LogP contribution in [-0.4, -0.2) is 4.98 Å². The summed E-state index contributed by atoms with van der Waals surface area (Å²) in [4.78, 5) is 4.12. The van der Waals surface area contributed by atoms with Crippen LogP contribution in [0.25, 0.3) is 0 Å². The Bertz CT molecular complexity index is 526. The molecule has 18 heavy (non-hydrogen) atoms. The lowest BCUT2D eigenvalue weighted by molar-refractivity contribution is 0.306. The molecule has 0 saturated carbocycles. The fourth-order valence-corrected chi connectivity index (χ4v) is 2.01. The zero-order chi connectivity index (χ0) is 13.0. The lowest BCUT2D eigenvalue weighted by Gasteiger charge is -2.10. The van der Waals surface area contributed by atoms with Gasteiger partial charge in [0.15, 0.2) is 5.75 Å². The fourth-order valence-electron chi connectivity index (χ4n) is 1.51. The third-order valence-corrected chi connectivity index (χ3v) is 2.99. The lowest BCUT2D eigenvalue weighted by atomic mass is 10.2. The summed E-state index contributed by atoms with van der Waals surface area (Å²) >= 11 is 12.0. The van der Waals surface area contributed by atoms with Crippen LogP contribution in [0.3, 0.4) is 0 Å². The molecule has 94 valence electrons. The Morgan fingerprint density at radius 3 is 2.56 bits per heavy atom. The summed E-state index contributed by atoms with van der Waals surface area (Å²) in [5, 5.41) is 0.992. The number of hydrogen-bond donors (Lipinski definition) is 1. The van der Waals surface area contributed by atoms with E-state index in [1.165, 1.54) is 0 Å². The van der Waals surface area contributed by atoms with Crippen molar-refractivity contribution in [3.05, 3.63) is 57.8 Å². The molecule has 2 N–H and O–H groups in total. The van der Waals surface area contributed by atoms with Gasteiger partial charge in [-0.3, -0.25) is 4.98 Å². The van der Waals surface area contributed by atoms with Gasteiger partial charge in [-0.1, -0.05) is 29.3 Å². The molecule has 2 aromatic rings. The van der Waals surface area contributed by atoms with E-state index >= 15 is 0 Å². The van der Waals surface area contributed by atoms with E-state index in [0.29, 0.717) is 28.9 Å². The minimum Gasteiger partial charge on any atom is -0.486 e. The molecule has 1 heterocycles. The fraction of sp³-hybridized carbons (Fsp3) is 0.154. The second kappa shape index (κ2) is 6.05. The Hall–Kier alpha value is -1.29. The van der Waals surface area contributed by atoms with E-state index in [1.807, 2.05) is 12.1 Å². The zero-order valence-corrected chi connectivity index (χ0v) is 11.1. The molecule has 1 aromatic heterocycles. The van der Waals surface area contributed by atoms with Crippen molar-refractivity contribution in [3.8, 4) is 5.75 Å². The maximum atomic E-state index is 6.01. The molecular formula is C13H12Cl2N2O. The van der Waals surface area contributed by atoms with Crippen molar-refractivity contribution in [2.75, 3.05) is 0 Å². The number of benzene rings is 1. The molecule has 0 saturated heterocycles. The van der Waals surface area contributed by atoms with E-state index in [2.05, 4.69) is 4.98 Å². The number of halogens is 2. The van der Waals surface area contributed by atoms with Gasteiger partial charge in [-0.05, 0) is 29.8 Å². The first-order valence-corrected chi connectivity index (χ1v) is 6.17. The molecule has 0 atom stereocenters. The van der Waals surface area contributed by atoms with Gasteiger partial charge in [0.05, 0.1) is 15.7 Å². The summed E-state index contributed by atoms with van der Waals surface area (Å²) < 4.78 is 5.62. The highest BCUT2D eigenvalue weighted by molar-refractivity contribution is 6.37. The molecule has 3 nitrogen and oxygen atoms in total. The Balaban J connectivity index is 2.11. The monoisotopic (exact) mass is 282 g/mol. The summed E-state index contributed by atoms with van der Waals surface area (Å²) in [5.41, 5.74) is 7.32. The van der Waals surface area contributed by atoms with Crippen molar-refractivity contribution < 1.29 is 4.74 Å². The van der Waals surface area contributed by atoms with Crippen molar-refractivity contribution in [1.29, 1.82) is 0 Å². The molecule has 0 spiro atoms. The number of aromatic nitrogens is 1. The Kier molecular flexibility index (Phi) is 4.42. The summed E-state index contributed by atoms with van der Waals surface area (Å²) in [5.74, 6) is 0.493. The number of nitrogens with two attached hydrogens (primary N) is 1. The number of para-hydroxylation sites is 1. The molecule has 0 unspecified atom stereocenters. The Morgan fingerprint density at radius 2 is 1.89 bits per heavy atom. The van der Waals surface area contributed by atoms with Crippen LogP contribution in [0.5, 0.6) is 5.75 Å². The predicted molar refractivity (Wildman–Crippen MR) is 72.9 cm³/mol. The van der Waals surface area contributed by atoms with Gasteiger partial charge in [0.1, 0.15) is 6.61 Å². The van der Waals surface area contributed by atoms with Crippen molar-refractivity contribution >= 4 is 23.2 Å². The molecule has 0 bridgehead atoms. The first-order valence-electron chi connectivity index (χ1n) is 5.41. The molecule has 1 aromatic carbocycles. The summed E-state index contributed by atoms with van der Waals surface area (Å²) in [6.45, 7) is 0.777. The normalized spacial score (nSPS) is 10.4. The third-order valence-electron chi connectivity index (χ3n) is 2.39. The molecular weight excluding hydrogens is 271 g/mol. The molecule has 2 rings (SSSR count). The maximum absolute atomic E-state index is 6.01. The molecule has 0 aliphatic carbocycles. The van der Waals surface area contributed by atoms with Gasteiger partial charge in [-0.15, -0.1) is 0 Å². The van der Waals surface area contributed by atoms with E-state index in [-0.39, 0.29) is 0 Å². The standard InChI is InChI=1S/C13H12Cl2N2O/c14-11-2-1-3-12(15)13(11)18-8-9-4-5-17-10(6-9)7-16/h1-6H,7-8,16H2. The molecule has 0 radical (unpaired) electrons. The highest BCUT2D eigenvalue weighted by atomic mass is 35.5. The van der Waals surface area contributed by atoms with Crippen LogP contribution in [0, 0.1) is 0 Å². The molecule has 0 amide bonds. The number of rotatable bonds is 4. The van der Waals surface area contributed by atoms with Crippen molar-refractivity contribution in [1.82, 2.24) is 4.98 Å². The Morgan fingerprint density at radius 1 is 1.17 bits per heavy atom. The van der Waals surface area contributed by atoms with Crippen LogP contribution >= 0.6 is 23.2 Å². The van der Waals surface area contributed by atoms with E-state index in [4.69, 9.17) is 33.7 Å². The second-order valence-electron chi connectivity index (χ2n) is 3.70. The van der Waals surface area contributed by atoms with Gasteiger partial charge in [-0.2, -0.15) is 0 Å². The van der Waals surface area contributed by atoms with Crippen LogP contribution in [-0.2, 0) is 13.2 Å². The van der Waals surface area contributed by atoms with Gasteiger partial charge in [0.2, 0.25) is 0 Å². The first kappa shape index (κ1) is 13.1. The van der Waals surface area contributed by atoms with Gasteiger partial charge in [0.25, 0.3) is 0 Å². The number of nitrogens with zero attached hydrogens (tertiary/aromatic N) is 1. The molecule has 0 aliphatic rings. The zero-order valence-electron chi connectivity index (χ0n) is 9.57. The average molecular weight is 283 g/mol. The number of ether oxygens (including phenoxy) is 1. The number of hydrogen-bond acceptors (Lipinski definition) is 3. The van der Waals surface area contributed by atoms with Gasteiger partial charge < -0.3 is 10.5 Å². The topological polar surface area (TPSA) is 48.1 Å². The van der Waals surface area contributed by atoms with Gasteiger partial charge in [0, 0.05) is 12.7 Å². The second-order valence-corrected chi connectivity index (χ2v) is 4.51. The van der Waals surface area contributed by atoms with Crippen LogP contribution in [0.4, 0.5) is 0 Å². The number of pyridine rings is 1. The average Bonchev–Trinajstić information content (AvgIpc) is 2.38. The highest BCUT2D eigenvalue weighted by Crippen LogP contribution is 2.32. The summed E-state index contributed by atoms with van der Waals surface area (Å²) in [6, 6.07) is 9.01. The van der Waals surface area contributed by atoms with Gasteiger partial charge >= 0.3 is 0 Å². The van der Waals surface area contributed by atoms with Crippen LogP contribution in [0.15, 0.2) is 36.5 Å². The van der Waals surface area contributed by atoms with Gasteiger partial charge in [-0.25, -0.2) is 0 Å². The largest absolute Gasteiger partial charge is 0.486 e. The van der Waals surface area contributed by atoms with E-state index < -0.39 is 0 Å². The van der Waals surface area contributed by atoms with E-state index in [1.54, 1.807) is 24.4 Å². The van der Waals surface area contributed by atoms with Crippen LogP contribution in [0.1, 0.15) is 11.3 Å². The molecule has 0 fully saturated rings. The van der Waals surface area contributed by atoms with Crippen LogP contribution < -0.4 is 10.5 Å². The summed E-state index contributed by atoms with van der Waals surface area (Å²) in [7, 11) is 0. The van der Waals surface area contributed by atoms with E-state index in [0.717, 1.165) is 11.3 Å². The van der Waals surface area contributed by atoms with E-state index in [9.17, 15) is 0 Å². The SMILES string of the molecule is NCc1cc(COc2c(Cl)cccc2Cl)ccn1. The lowest BCUT2D eigenvalue weighted by Crippen LogP contribution is -2.02. The minimum absolute atomic E-state index is 0.374. The smallest absolute Gasteiger partial charge is 0.156 e. The molecule has 0 aliphatic heterocycles. The minimum atomic E-state index is 0.374. The predicted octanol–water partition coefficient (Wildman–Crippen LogP) is 3.43. The van der Waals surface area contributed by atoms with Crippen molar-refractivity contribution in [2.24, 2.45) is 5.73 Å². The first-order chi connectivity index (χ1) is 8.70. The summed E-state index contributed by atoms with van der Waals surface area (Å²) in [6.07, 6.45) is 1.70. The highest BCUT2D eigenvalue weighted by Gasteiger charge is 2.06. The van der Waals surface area contributed by atoms with Crippen molar-refractivity contribution in [2.45, 2.75) is 13.2 Å². The third kappa shape index (κ3) is 3.13. The molecule has 5 heteroatoms. The Labute approximate surface area is 115 Å².